The first-order valence-electron chi connectivity index (χ1n) is 4.37. The first-order valence-corrected chi connectivity index (χ1v) is 4.37. The third kappa shape index (κ3) is 1.83. The van der Waals surface area contributed by atoms with Crippen LogP contribution in [0.25, 0.3) is 0 Å². The third-order valence-corrected chi connectivity index (χ3v) is 2.13. The summed E-state index contributed by atoms with van der Waals surface area (Å²) in [4.78, 5) is 13.5. The number of aromatic nitrogens is 1. The fraction of sp³-hybridized carbons (Fsp3) is 0.444. The van der Waals surface area contributed by atoms with E-state index < -0.39 is 0 Å². The minimum Gasteiger partial charge on any atom is -0.491 e. The first kappa shape index (κ1) is 8.16. The summed E-state index contributed by atoms with van der Waals surface area (Å²) in [7, 11) is 0. The van der Waals surface area contributed by atoms with E-state index in [4.69, 9.17) is 10.5 Å². The fourth-order valence-electron chi connectivity index (χ4n) is 1.09. The van der Waals surface area contributed by atoms with E-state index in [0.29, 0.717) is 18.3 Å². The summed E-state index contributed by atoms with van der Waals surface area (Å²) in [5, 5.41) is 0. The second kappa shape index (κ2) is 3.12. The van der Waals surface area contributed by atoms with Gasteiger partial charge in [0.05, 0.1) is 6.61 Å². The first-order chi connectivity index (χ1) is 6.27. The van der Waals surface area contributed by atoms with E-state index in [1.807, 2.05) is 0 Å². The Labute approximate surface area is 75.7 Å². The van der Waals surface area contributed by atoms with E-state index >= 15 is 0 Å². The molecule has 0 amide bonds. The molecule has 1 saturated carbocycles. The van der Waals surface area contributed by atoms with Crippen LogP contribution in [-0.4, -0.2) is 11.6 Å². The van der Waals surface area contributed by atoms with Crippen LogP contribution >= 0.6 is 0 Å². The molecule has 1 aliphatic carbocycles. The minimum atomic E-state index is -0.284. The molecule has 2 rings (SSSR count). The SMILES string of the molecule is Nc1c(OCC2CC2)cc[nH]c1=O. The van der Waals surface area contributed by atoms with Crippen molar-refractivity contribution in [1.82, 2.24) is 4.98 Å². The highest BCUT2D eigenvalue weighted by atomic mass is 16.5. The predicted octanol–water partition coefficient (Wildman–Crippen LogP) is 0.746. The van der Waals surface area contributed by atoms with Crippen molar-refractivity contribution < 1.29 is 4.74 Å². The largest absolute Gasteiger partial charge is 0.491 e. The van der Waals surface area contributed by atoms with Gasteiger partial charge >= 0.3 is 0 Å². The van der Waals surface area contributed by atoms with Crippen LogP contribution in [0.3, 0.4) is 0 Å². The molecular weight excluding hydrogens is 168 g/mol. The summed E-state index contributed by atoms with van der Waals surface area (Å²) < 4.78 is 5.40. The number of pyridine rings is 1. The quantitative estimate of drug-likeness (QED) is 0.721. The Morgan fingerprint density at radius 2 is 2.38 bits per heavy atom. The molecule has 4 nitrogen and oxygen atoms in total. The zero-order valence-electron chi connectivity index (χ0n) is 7.25. The second-order valence-electron chi connectivity index (χ2n) is 3.34. The molecule has 1 aromatic rings. The molecule has 1 heterocycles. The number of ether oxygens (including phenoxy) is 1. The van der Waals surface area contributed by atoms with Crippen molar-refractivity contribution in [3.05, 3.63) is 22.6 Å². The van der Waals surface area contributed by atoms with Crippen molar-refractivity contribution in [2.45, 2.75) is 12.8 Å². The zero-order chi connectivity index (χ0) is 9.26. The van der Waals surface area contributed by atoms with Crippen LogP contribution in [0.5, 0.6) is 5.75 Å². The second-order valence-corrected chi connectivity index (χ2v) is 3.34. The summed E-state index contributed by atoms with van der Waals surface area (Å²) in [5.74, 6) is 1.16. The molecule has 1 aliphatic rings. The number of hydrogen-bond acceptors (Lipinski definition) is 3. The lowest BCUT2D eigenvalue weighted by atomic mass is 10.4. The molecule has 0 aromatic carbocycles. The maximum Gasteiger partial charge on any atom is 0.274 e. The number of hydrogen-bond donors (Lipinski definition) is 2. The molecule has 0 saturated heterocycles. The van der Waals surface area contributed by atoms with Gasteiger partial charge in [-0.2, -0.15) is 0 Å². The predicted molar refractivity (Wildman–Crippen MR) is 49.7 cm³/mol. The van der Waals surface area contributed by atoms with Gasteiger partial charge in [-0.1, -0.05) is 0 Å². The van der Waals surface area contributed by atoms with Crippen LogP contribution in [0.15, 0.2) is 17.1 Å². The summed E-state index contributed by atoms with van der Waals surface area (Å²) in [5.41, 5.74) is 5.41. The van der Waals surface area contributed by atoms with Crippen LogP contribution in [0.1, 0.15) is 12.8 Å². The molecule has 4 heteroatoms. The van der Waals surface area contributed by atoms with Gasteiger partial charge in [-0.15, -0.1) is 0 Å². The number of anilines is 1. The minimum absolute atomic E-state index is 0.170. The molecule has 70 valence electrons. The standard InChI is InChI=1S/C9H12N2O2/c10-8-7(3-4-11-9(8)12)13-5-6-1-2-6/h3-4,6H,1-2,5,10H2,(H,11,12). The number of H-pyrrole nitrogens is 1. The number of aromatic amines is 1. The number of nitrogens with two attached hydrogens (primary N) is 1. The number of nitrogen functional groups attached to an aromatic ring is 1. The van der Waals surface area contributed by atoms with Gasteiger partial charge in [-0.05, 0) is 24.8 Å². The molecule has 1 fully saturated rings. The molecule has 0 aliphatic heterocycles. The van der Waals surface area contributed by atoms with E-state index in [-0.39, 0.29) is 11.2 Å². The highest BCUT2D eigenvalue weighted by Gasteiger charge is 2.22. The summed E-state index contributed by atoms with van der Waals surface area (Å²) in [6.45, 7) is 0.674. The lowest BCUT2D eigenvalue weighted by Crippen LogP contribution is -2.13. The zero-order valence-corrected chi connectivity index (χ0v) is 7.25. The Morgan fingerprint density at radius 3 is 3.08 bits per heavy atom. The summed E-state index contributed by atoms with van der Waals surface area (Å²) in [6, 6.07) is 1.68. The van der Waals surface area contributed by atoms with Crippen molar-refractivity contribution in [2.24, 2.45) is 5.92 Å². The van der Waals surface area contributed by atoms with Gasteiger partial charge in [-0.25, -0.2) is 0 Å². The normalized spacial score (nSPS) is 15.7. The van der Waals surface area contributed by atoms with Crippen LogP contribution < -0.4 is 16.0 Å². The lowest BCUT2D eigenvalue weighted by Gasteiger charge is -2.06. The molecule has 0 unspecified atom stereocenters. The Bertz CT molecular complexity index is 355. The maximum atomic E-state index is 11.0. The van der Waals surface area contributed by atoms with E-state index in [1.165, 1.54) is 12.8 Å². The highest BCUT2D eigenvalue weighted by Crippen LogP contribution is 2.30. The fourth-order valence-corrected chi connectivity index (χ4v) is 1.09. The lowest BCUT2D eigenvalue weighted by molar-refractivity contribution is 0.301. The van der Waals surface area contributed by atoms with Gasteiger partial charge in [0.1, 0.15) is 11.4 Å². The number of rotatable bonds is 3. The monoisotopic (exact) mass is 180 g/mol. The Hall–Kier alpha value is -1.45. The van der Waals surface area contributed by atoms with Crippen LogP contribution in [0.2, 0.25) is 0 Å². The molecule has 0 bridgehead atoms. The summed E-state index contributed by atoms with van der Waals surface area (Å²) >= 11 is 0. The van der Waals surface area contributed by atoms with E-state index in [0.717, 1.165) is 0 Å². The highest BCUT2D eigenvalue weighted by molar-refractivity contribution is 5.49. The van der Waals surface area contributed by atoms with Crippen molar-refractivity contribution >= 4 is 5.69 Å². The number of nitrogens with one attached hydrogen (secondary N) is 1. The maximum absolute atomic E-state index is 11.0. The van der Waals surface area contributed by atoms with Crippen molar-refractivity contribution in [3.8, 4) is 5.75 Å². The Kier molecular flexibility index (Phi) is 1.96. The van der Waals surface area contributed by atoms with Crippen molar-refractivity contribution in [1.29, 1.82) is 0 Å². The van der Waals surface area contributed by atoms with Crippen LogP contribution in [0.4, 0.5) is 5.69 Å². The topological polar surface area (TPSA) is 68.1 Å². The van der Waals surface area contributed by atoms with E-state index in [1.54, 1.807) is 12.3 Å². The van der Waals surface area contributed by atoms with Gasteiger partial charge in [-0.3, -0.25) is 4.79 Å². The molecule has 0 atom stereocenters. The van der Waals surface area contributed by atoms with Crippen LogP contribution in [-0.2, 0) is 0 Å². The molecule has 3 N–H and O–H groups in total. The molecule has 13 heavy (non-hydrogen) atoms. The van der Waals surface area contributed by atoms with E-state index in [9.17, 15) is 4.79 Å². The van der Waals surface area contributed by atoms with E-state index in [2.05, 4.69) is 4.98 Å². The third-order valence-electron chi connectivity index (χ3n) is 2.13. The average molecular weight is 180 g/mol. The molecule has 1 aromatic heterocycles. The summed E-state index contributed by atoms with van der Waals surface area (Å²) in [6.07, 6.45) is 3.99. The van der Waals surface area contributed by atoms with Gasteiger partial charge in [0, 0.05) is 6.20 Å². The van der Waals surface area contributed by atoms with Gasteiger partial charge in [0.25, 0.3) is 5.56 Å². The van der Waals surface area contributed by atoms with Gasteiger partial charge in [0.2, 0.25) is 0 Å². The van der Waals surface area contributed by atoms with Gasteiger partial charge < -0.3 is 15.5 Å². The molecule has 0 radical (unpaired) electrons. The Morgan fingerprint density at radius 1 is 1.62 bits per heavy atom. The average Bonchev–Trinajstić information content (AvgIpc) is 2.91. The van der Waals surface area contributed by atoms with Crippen LogP contribution in [0, 0.1) is 5.92 Å². The molecular formula is C9H12N2O2. The smallest absolute Gasteiger partial charge is 0.274 e. The Balaban J connectivity index is 2.09. The van der Waals surface area contributed by atoms with Crippen molar-refractivity contribution in [3.63, 3.8) is 0 Å². The van der Waals surface area contributed by atoms with Crippen molar-refractivity contribution in [2.75, 3.05) is 12.3 Å². The van der Waals surface area contributed by atoms with Gasteiger partial charge in [0.15, 0.2) is 0 Å². The molecule has 0 spiro atoms.